The van der Waals surface area contributed by atoms with Crippen molar-refractivity contribution in [2.24, 2.45) is 5.92 Å². The molecule has 2 fully saturated rings. The van der Waals surface area contributed by atoms with Crippen LogP contribution in [0.15, 0.2) is 0 Å². The van der Waals surface area contributed by atoms with Crippen LogP contribution in [0.2, 0.25) is 0 Å². The smallest absolute Gasteiger partial charge is 0.258 e. The minimum absolute atomic E-state index is 0.0814. The Kier molecular flexibility index (Phi) is 4.63. The number of rotatable bonds is 7. The van der Waals surface area contributed by atoms with Crippen LogP contribution < -0.4 is 16.4 Å². The van der Waals surface area contributed by atoms with Gasteiger partial charge in [0.15, 0.2) is 5.82 Å². The number of hydrogen-bond acceptors (Lipinski definition) is 5. The highest BCUT2D eigenvalue weighted by Crippen LogP contribution is 2.30. The average molecular weight is 308 g/mol. The van der Waals surface area contributed by atoms with Crippen LogP contribution in [0.5, 0.6) is 0 Å². The van der Waals surface area contributed by atoms with Crippen molar-refractivity contribution < 1.29 is 4.79 Å². The Labute approximate surface area is 129 Å². The van der Waals surface area contributed by atoms with Crippen molar-refractivity contribution in [3.05, 3.63) is 5.56 Å². The van der Waals surface area contributed by atoms with Gasteiger partial charge in [0.2, 0.25) is 0 Å². The first kappa shape index (κ1) is 14.6. The van der Waals surface area contributed by atoms with E-state index < -0.39 is 0 Å². The predicted octanol–water partition coefficient (Wildman–Crippen LogP) is 3.00. The molecule has 2 aliphatic rings. The Morgan fingerprint density at radius 1 is 1.29 bits per heavy atom. The van der Waals surface area contributed by atoms with Crippen LogP contribution >= 0.6 is 11.5 Å². The molecular weight excluding hydrogens is 284 g/mol. The monoisotopic (exact) mass is 308 g/mol. The highest BCUT2D eigenvalue weighted by atomic mass is 32.1. The first-order valence-electron chi connectivity index (χ1n) is 8.04. The van der Waals surface area contributed by atoms with Gasteiger partial charge in [0, 0.05) is 12.6 Å². The molecule has 6 heteroatoms. The zero-order valence-electron chi connectivity index (χ0n) is 12.4. The second kappa shape index (κ2) is 6.64. The number of anilines is 2. The molecule has 1 heterocycles. The van der Waals surface area contributed by atoms with Crippen molar-refractivity contribution in [1.82, 2.24) is 9.69 Å². The molecule has 0 radical (unpaired) electrons. The van der Waals surface area contributed by atoms with E-state index in [0.717, 1.165) is 36.7 Å². The van der Waals surface area contributed by atoms with Crippen LogP contribution in [0.3, 0.4) is 0 Å². The number of hydrogen-bond donors (Lipinski definition) is 3. The second-order valence-electron chi connectivity index (χ2n) is 6.24. The van der Waals surface area contributed by atoms with E-state index in [9.17, 15) is 4.79 Å². The first-order chi connectivity index (χ1) is 10.2. The van der Waals surface area contributed by atoms with Crippen LogP contribution in [0.25, 0.3) is 0 Å². The van der Waals surface area contributed by atoms with Crippen molar-refractivity contribution in [3.8, 4) is 0 Å². The van der Waals surface area contributed by atoms with Crippen LogP contribution in [-0.4, -0.2) is 22.9 Å². The van der Waals surface area contributed by atoms with Gasteiger partial charge in [-0.3, -0.25) is 4.79 Å². The first-order valence-corrected chi connectivity index (χ1v) is 8.81. The van der Waals surface area contributed by atoms with E-state index in [1.54, 1.807) is 0 Å². The molecule has 2 aliphatic carbocycles. The second-order valence-corrected chi connectivity index (χ2v) is 7.01. The van der Waals surface area contributed by atoms with Crippen molar-refractivity contribution in [1.29, 1.82) is 0 Å². The summed E-state index contributed by atoms with van der Waals surface area (Å²) in [6.45, 7) is 0.891. The van der Waals surface area contributed by atoms with Gasteiger partial charge in [0.05, 0.1) is 0 Å². The molecule has 0 unspecified atom stereocenters. The molecule has 1 aromatic rings. The number of amides is 1. The fourth-order valence-corrected chi connectivity index (χ4v) is 3.76. The van der Waals surface area contributed by atoms with Crippen LogP contribution in [0.4, 0.5) is 10.8 Å². The van der Waals surface area contributed by atoms with E-state index in [1.165, 1.54) is 43.6 Å². The maximum absolute atomic E-state index is 12.2. The summed E-state index contributed by atoms with van der Waals surface area (Å²) in [5.41, 5.74) is 6.38. The highest BCUT2D eigenvalue weighted by molar-refractivity contribution is 7.11. The van der Waals surface area contributed by atoms with Gasteiger partial charge in [-0.25, -0.2) is 0 Å². The molecule has 5 nitrogen and oxygen atoms in total. The molecule has 21 heavy (non-hydrogen) atoms. The molecule has 4 N–H and O–H groups in total. The van der Waals surface area contributed by atoms with E-state index in [0.29, 0.717) is 17.4 Å². The standard InChI is InChI=1S/C15H24N4OS/c16-13-12(14(20)18-11-7-8-11)15(21-19-13)17-9-3-6-10-4-1-2-5-10/h10-11,17H,1-9H2,(H2,16,19)(H,18,20). The van der Waals surface area contributed by atoms with Gasteiger partial charge in [-0.05, 0) is 43.1 Å². The quantitative estimate of drug-likeness (QED) is 0.676. The van der Waals surface area contributed by atoms with E-state index >= 15 is 0 Å². The van der Waals surface area contributed by atoms with Crippen molar-refractivity contribution >= 4 is 28.3 Å². The predicted molar refractivity (Wildman–Crippen MR) is 86.7 cm³/mol. The molecule has 0 spiro atoms. The lowest BCUT2D eigenvalue weighted by Gasteiger charge is -2.10. The summed E-state index contributed by atoms with van der Waals surface area (Å²) in [5.74, 6) is 1.18. The van der Waals surface area contributed by atoms with Crippen molar-refractivity contribution in [2.75, 3.05) is 17.6 Å². The Bertz CT molecular complexity index is 492. The van der Waals surface area contributed by atoms with E-state index in [-0.39, 0.29) is 5.91 Å². The highest BCUT2D eigenvalue weighted by Gasteiger charge is 2.27. The molecular formula is C15H24N4OS. The summed E-state index contributed by atoms with van der Waals surface area (Å²) in [7, 11) is 0. The molecule has 0 bridgehead atoms. The number of nitrogen functional groups attached to an aromatic ring is 1. The molecule has 116 valence electrons. The summed E-state index contributed by atoms with van der Waals surface area (Å²) in [4.78, 5) is 12.2. The van der Waals surface area contributed by atoms with Crippen molar-refractivity contribution in [2.45, 2.75) is 57.4 Å². The SMILES string of the molecule is Nc1nsc(NCCCC2CCCC2)c1C(=O)NC1CC1. The van der Waals surface area contributed by atoms with Gasteiger partial charge in [-0.1, -0.05) is 25.7 Å². The third kappa shape index (κ3) is 3.87. The van der Waals surface area contributed by atoms with E-state index in [1.807, 2.05) is 0 Å². The van der Waals surface area contributed by atoms with Gasteiger partial charge in [0.1, 0.15) is 10.6 Å². The number of nitrogens with two attached hydrogens (primary N) is 1. The van der Waals surface area contributed by atoms with E-state index in [2.05, 4.69) is 15.0 Å². The molecule has 0 atom stereocenters. The summed E-state index contributed by atoms with van der Waals surface area (Å²) in [6.07, 6.45) is 10.2. The largest absolute Gasteiger partial charge is 0.382 e. The Balaban J connectivity index is 1.48. The Hall–Kier alpha value is -1.30. The third-order valence-electron chi connectivity index (χ3n) is 4.41. The number of aromatic nitrogens is 1. The summed E-state index contributed by atoms with van der Waals surface area (Å²) in [5, 5.41) is 7.14. The lowest BCUT2D eigenvalue weighted by Crippen LogP contribution is -2.26. The minimum Gasteiger partial charge on any atom is -0.382 e. The van der Waals surface area contributed by atoms with Crippen LogP contribution in [-0.2, 0) is 0 Å². The zero-order chi connectivity index (χ0) is 14.7. The zero-order valence-corrected chi connectivity index (χ0v) is 13.2. The van der Waals surface area contributed by atoms with Crippen LogP contribution in [0, 0.1) is 5.92 Å². The summed E-state index contributed by atoms with van der Waals surface area (Å²) >= 11 is 1.29. The minimum atomic E-state index is -0.0814. The molecule has 0 aliphatic heterocycles. The van der Waals surface area contributed by atoms with Gasteiger partial charge in [-0.2, -0.15) is 4.37 Å². The molecule has 0 aromatic carbocycles. The fraction of sp³-hybridized carbons (Fsp3) is 0.733. The number of carbonyl (C=O) groups excluding carboxylic acids is 1. The number of nitrogens with one attached hydrogen (secondary N) is 2. The molecule has 0 saturated heterocycles. The normalized spacial score (nSPS) is 18.9. The topological polar surface area (TPSA) is 80.0 Å². The molecule has 1 amide bonds. The lowest BCUT2D eigenvalue weighted by molar-refractivity contribution is 0.0953. The number of nitrogens with zero attached hydrogens (tertiary/aromatic N) is 1. The van der Waals surface area contributed by atoms with Gasteiger partial charge < -0.3 is 16.4 Å². The van der Waals surface area contributed by atoms with Crippen molar-refractivity contribution in [3.63, 3.8) is 0 Å². The van der Waals surface area contributed by atoms with Crippen LogP contribution in [0.1, 0.15) is 61.7 Å². The third-order valence-corrected chi connectivity index (χ3v) is 5.23. The summed E-state index contributed by atoms with van der Waals surface area (Å²) < 4.78 is 4.12. The maximum Gasteiger partial charge on any atom is 0.258 e. The summed E-state index contributed by atoms with van der Waals surface area (Å²) in [6, 6.07) is 0.340. The maximum atomic E-state index is 12.2. The lowest BCUT2D eigenvalue weighted by atomic mass is 10.0. The fourth-order valence-electron chi connectivity index (χ4n) is 3.02. The molecule has 2 saturated carbocycles. The number of carbonyl (C=O) groups is 1. The molecule has 3 rings (SSSR count). The van der Waals surface area contributed by atoms with Gasteiger partial charge in [-0.15, -0.1) is 0 Å². The Morgan fingerprint density at radius 2 is 2.05 bits per heavy atom. The van der Waals surface area contributed by atoms with E-state index in [4.69, 9.17) is 5.73 Å². The van der Waals surface area contributed by atoms with Gasteiger partial charge in [0.25, 0.3) is 5.91 Å². The average Bonchev–Trinajstić information content (AvgIpc) is 2.99. The molecule has 1 aromatic heterocycles. The van der Waals surface area contributed by atoms with Gasteiger partial charge >= 0.3 is 0 Å². The Morgan fingerprint density at radius 3 is 2.76 bits per heavy atom.